The second-order valence-corrected chi connectivity index (χ2v) is 26.4. The smallest absolute Gasteiger partial charge is 0.305 e. The highest BCUT2D eigenvalue weighted by Crippen LogP contribution is 2.20. The number of nitrogens with one attached hydrogen (secondary N) is 1. The van der Waals surface area contributed by atoms with Crippen molar-refractivity contribution in [1.82, 2.24) is 5.32 Å². The van der Waals surface area contributed by atoms with Crippen LogP contribution in [0.3, 0.4) is 0 Å². The number of ether oxygens (including phenoxy) is 1. The van der Waals surface area contributed by atoms with Gasteiger partial charge in [-0.05, 0) is 32.1 Å². The minimum absolute atomic E-state index is 0.0230. The summed E-state index contributed by atoms with van der Waals surface area (Å²) in [7, 11) is 0. The Morgan fingerprint density at radius 1 is 0.329 bits per heavy atom. The lowest BCUT2D eigenvalue weighted by Gasteiger charge is -2.20. The van der Waals surface area contributed by atoms with Gasteiger partial charge in [0.25, 0.3) is 0 Å². The van der Waals surface area contributed by atoms with Crippen molar-refractivity contribution in [3.05, 3.63) is 12.2 Å². The SMILES string of the molecule is CCCCCCCCCCCCCCCCCCCC/C=C/C(O)C(CO)NC(=O)CCCCCCCCCCCCCCCCCCCCCCCCCCCCOC(=O)CCCCCCCCCCCCCCCCCCCCC. The summed E-state index contributed by atoms with van der Waals surface area (Å²) < 4.78 is 5.52. The highest BCUT2D eigenvalue weighted by atomic mass is 16.5. The molecule has 1 amide bonds. The summed E-state index contributed by atoms with van der Waals surface area (Å²) in [6, 6.07) is -0.626. The maximum Gasteiger partial charge on any atom is 0.305 e. The van der Waals surface area contributed by atoms with Crippen LogP contribution in [-0.2, 0) is 14.3 Å². The largest absolute Gasteiger partial charge is 0.466 e. The summed E-state index contributed by atoms with van der Waals surface area (Å²) >= 11 is 0. The van der Waals surface area contributed by atoms with Gasteiger partial charge in [0.15, 0.2) is 0 Å². The molecule has 488 valence electrons. The summed E-state index contributed by atoms with van der Waals surface area (Å²) in [5, 5.41) is 23.3. The molecule has 0 aromatic carbocycles. The minimum atomic E-state index is -0.843. The lowest BCUT2D eigenvalue weighted by Crippen LogP contribution is -2.45. The van der Waals surface area contributed by atoms with Crippen LogP contribution in [0.2, 0.25) is 0 Å². The third-order valence-corrected chi connectivity index (χ3v) is 18.1. The van der Waals surface area contributed by atoms with Crippen LogP contribution in [0, 0.1) is 0 Å². The fourth-order valence-electron chi connectivity index (χ4n) is 12.3. The van der Waals surface area contributed by atoms with Gasteiger partial charge in [-0.3, -0.25) is 9.59 Å². The van der Waals surface area contributed by atoms with E-state index in [1.54, 1.807) is 6.08 Å². The van der Waals surface area contributed by atoms with Crippen molar-refractivity contribution in [1.29, 1.82) is 0 Å². The lowest BCUT2D eigenvalue weighted by atomic mass is 10.0. The molecule has 0 aliphatic heterocycles. The average Bonchev–Trinajstić information content (AvgIpc) is 3.48. The van der Waals surface area contributed by atoms with Gasteiger partial charge in [-0.2, -0.15) is 0 Å². The molecule has 0 saturated carbocycles. The summed E-state index contributed by atoms with van der Waals surface area (Å²) in [6.45, 7) is 4.96. The van der Waals surface area contributed by atoms with Crippen LogP contribution < -0.4 is 5.32 Å². The summed E-state index contributed by atoms with van der Waals surface area (Å²) in [4.78, 5) is 24.7. The van der Waals surface area contributed by atoms with Crippen molar-refractivity contribution in [2.75, 3.05) is 13.2 Å². The number of aliphatic hydroxyl groups excluding tert-OH is 2. The van der Waals surface area contributed by atoms with Crippen LogP contribution in [-0.4, -0.2) is 47.4 Å². The number of carbonyl (C=O) groups excluding carboxylic acids is 2. The molecule has 82 heavy (non-hydrogen) atoms. The van der Waals surface area contributed by atoms with E-state index < -0.39 is 12.1 Å². The Morgan fingerprint density at radius 2 is 0.561 bits per heavy atom. The zero-order valence-electron chi connectivity index (χ0n) is 56.0. The van der Waals surface area contributed by atoms with Gasteiger partial charge in [0, 0.05) is 12.8 Å². The molecular formula is C76H149NO5. The average molecular weight is 1160 g/mol. The van der Waals surface area contributed by atoms with E-state index in [4.69, 9.17) is 4.74 Å². The first kappa shape index (κ1) is 80.6. The summed E-state index contributed by atoms with van der Waals surface area (Å²) in [5.74, 6) is -0.0379. The Labute approximate surface area is 514 Å². The second-order valence-electron chi connectivity index (χ2n) is 26.4. The molecule has 0 radical (unpaired) electrons. The first-order valence-electron chi connectivity index (χ1n) is 38.0. The fourth-order valence-corrected chi connectivity index (χ4v) is 12.3. The Bertz CT molecular complexity index is 1240. The molecule has 0 aliphatic rings. The molecule has 0 heterocycles. The number of aliphatic hydroxyl groups is 2. The van der Waals surface area contributed by atoms with Crippen molar-refractivity contribution in [3.63, 3.8) is 0 Å². The standard InChI is InChI=1S/C76H149NO5/c1-3-5-7-9-11-13-15-17-19-21-23-33-36-40-44-48-52-56-60-64-68-74(79)73(72-78)77-75(80)69-65-61-57-53-49-45-41-37-34-30-28-26-24-25-27-29-31-35-39-43-47-51-55-59-63-67-71-82-76(81)70-66-62-58-54-50-46-42-38-32-22-20-18-16-14-12-10-8-6-4-2/h64,68,73-74,78-79H,3-63,65-67,69-72H2,1-2H3,(H,77,80)/b68-64+. The van der Waals surface area contributed by atoms with Gasteiger partial charge in [0.05, 0.1) is 25.4 Å². The number of hydrogen-bond acceptors (Lipinski definition) is 5. The van der Waals surface area contributed by atoms with E-state index in [-0.39, 0.29) is 18.5 Å². The van der Waals surface area contributed by atoms with E-state index >= 15 is 0 Å². The van der Waals surface area contributed by atoms with Crippen molar-refractivity contribution < 1.29 is 24.5 Å². The predicted molar refractivity (Wildman–Crippen MR) is 361 cm³/mol. The molecule has 2 unspecified atom stereocenters. The molecule has 0 saturated heterocycles. The molecule has 3 N–H and O–H groups in total. The van der Waals surface area contributed by atoms with E-state index in [0.717, 1.165) is 38.5 Å². The van der Waals surface area contributed by atoms with Crippen molar-refractivity contribution in [2.24, 2.45) is 0 Å². The topological polar surface area (TPSA) is 95.9 Å². The van der Waals surface area contributed by atoms with E-state index in [0.29, 0.717) is 19.4 Å². The van der Waals surface area contributed by atoms with Gasteiger partial charge in [-0.1, -0.05) is 405 Å². The Hall–Kier alpha value is -1.40. The quantitative estimate of drug-likeness (QED) is 0.0320. The molecule has 0 aromatic heterocycles. The monoisotopic (exact) mass is 1160 g/mol. The first-order chi connectivity index (χ1) is 40.5. The Kier molecular flexibility index (Phi) is 70.8. The molecule has 0 bridgehead atoms. The van der Waals surface area contributed by atoms with Gasteiger partial charge < -0.3 is 20.3 Å². The fraction of sp³-hybridized carbons (Fsp3) is 0.947. The van der Waals surface area contributed by atoms with Crippen molar-refractivity contribution >= 4 is 11.9 Å². The number of amides is 1. The molecule has 6 heteroatoms. The van der Waals surface area contributed by atoms with E-state index in [9.17, 15) is 19.8 Å². The Morgan fingerprint density at radius 3 is 0.829 bits per heavy atom. The minimum Gasteiger partial charge on any atom is -0.466 e. The maximum absolute atomic E-state index is 12.5. The van der Waals surface area contributed by atoms with Gasteiger partial charge in [-0.25, -0.2) is 0 Å². The number of allylic oxidation sites excluding steroid dienone is 1. The number of rotatable bonds is 72. The lowest BCUT2D eigenvalue weighted by molar-refractivity contribution is -0.143. The molecule has 0 aromatic rings. The summed E-state index contributed by atoms with van der Waals surface area (Å²) in [5.41, 5.74) is 0. The van der Waals surface area contributed by atoms with Crippen molar-refractivity contribution in [2.45, 2.75) is 450 Å². The normalized spacial score (nSPS) is 12.5. The molecule has 0 aliphatic carbocycles. The number of esters is 1. The maximum atomic E-state index is 12.5. The van der Waals surface area contributed by atoms with E-state index in [1.807, 2.05) is 6.08 Å². The molecule has 2 atom stereocenters. The van der Waals surface area contributed by atoms with Crippen LogP contribution in [0.25, 0.3) is 0 Å². The second kappa shape index (κ2) is 72.1. The summed E-state index contributed by atoms with van der Waals surface area (Å²) in [6.07, 6.45) is 90.3. The van der Waals surface area contributed by atoms with Gasteiger partial charge in [0.1, 0.15) is 0 Å². The van der Waals surface area contributed by atoms with Crippen LogP contribution in [0.5, 0.6) is 0 Å². The third kappa shape index (κ3) is 67.7. The van der Waals surface area contributed by atoms with Crippen LogP contribution in [0.15, 0.2) is 12.2 Å². The van der Waals surface area contributed by atoms with Crippen LogP contribution in [0.4, 0.5) is 0 Å². The zero-order chi connectivity index (χ0) is 59.2. The Balaban J connectivity index is 3.35. The molecule has 6 nitrogen and oxygen atoms in total. The highest BCUT2D eigenvalue weighted by molar-refractivity contribution is 5.76. The van der Waals surface area contributed by atoms with Crippen molar-refractivity contribution in [3.8, 4) is 0 Å². The molecule has 0 fully saturated rings. The number of carbonyl (C=O) groups is 2. The van der Waals surface area contributed by atoms with Gasteiger partial charge in [-0.15, -0.1) is 0 Å². The zero-order valence-corrected chi connectivity index (χ0v) is 56.0. The number of hydrogen-bond donors (Lipinski definition) is 3. The molecular weight excluding hydrogens is 1010 g/mol. The molecule has 0 rings (SSSR count). The molecule has 0 spiro atoms. The van der Waals surface area contributed by atoms with Gasteiger partial charge >= 0.3 is 5.97 Å². The van der Waals surface area contributed by atoms with Crippen LogP contribution >= 0.6 is 0 Å². The first-order valence-corrected chi connectivity index (χ1v) is 38.0. The predicted octanol–water partition coefficient (Wildman–Crippen LogP) is 24.7. The van der Waals surface area contributed by atoms with Crippen LogP contribution in [0.1, 0.15) is 438 Å². The van der Waals surface area contributed by atoms with E-state index in [2.05, 4.69) is 19.2 Å². The highest BCUT2D eigenvalue weighted by Gasteiger charge is 2.18. The van der Waals surface area contributed by atoms with E-state index in [1.165, 1.54) is 372 Å². The third-order valence-electron chi connectivity index (χ3n) is 18.1. The van der Waals surface area contributed by atoms with Gasteiger partial charge in [0.2, 0.25) is 5.91 Å². The number of unbranched alkanes of at least 4 members (excludes halogenated alkanes) is 61.